The highest BCUT2D eigenvalue weighted by atomic mass is 35.5. The van der Waals surface area contributed by atoms with E-state index in [1.165, 1.54) is 0 Å². The maximum Gasteiger partial charge on any atom is 0.343 e. The van der Waals surface area contributed by atoms with Crippen LogP contribution in [-0.4, -0.2) is 48.2 Å². The number of hydrogen-bond donors (Lipinski definition) is 1. The van der Waals surface area contributed by atoms with E-state index in [0.717, 1.165) is 72.4 Å². The number of aromatic hydroxyl groups is 1. The number of ether oxygens (including phenoxy) is 1. The lowest BCUT2D eigenvalue weighted by molar-refractivity contribution is -0.715. The van der Waals surface area contributed by atoms with Gasteiger partial charge in [0.05, 0.1) is 18.2 Å². The first-order valence-electron chi connectivity index (χ1n) is 13.6. The van der Waals surface area contributed by atoms with Gasteiger partial charge < -0.3 is 14.7 Å². The van der Waals surface area contributed by atoms with Gasteiger partial charge in [-0.3, -0.25) is 8.87 Å². The molecular formula is C31H34ClF2N2O2+. The fourth-order valence-corrected chi connectivity index (χ4v) is 6.80. The first kappa shape index (κ1) is 25.4. The molecule has 7 heteroatoms. The molecule has 0 spiro atoms. The Morgan fingerprint density at radius 1 is 0.974 bits per heavy atom. The minimum absolute atomic E-state index is 0.0556. The van der Waals surface area contributed by atoms with Crippen molar-refractivity contribution >= 4 is 17.3 Å². The van der Waals surface area contributed by atoms with Gasteiger partial charge in [-0.2, -0.15) is 0 Å². The minimum atomic E-state index is -0.307. The number of phenols is 1. The van der Waals surface area contributed by atoms with Crippen LogP contribution >= 0.6 is 11.6 Å². The van der Waals surface area contributed by atoms with E-state index in [-0.39, 0.29) is 29.4 Å². The van der Waals surface area contributed by atoms with Gasteiger partial charge in [0.1, 0.15) is 17.3 Å². The molecule has 1 aliphatic carbocycles. The summed E-state index contributed by atoms with van der Waals surface area (Å²) < 4.78 is 35.0. The van der Waals surface area contributed by atoms with Crippen molar-refractivity contribution in [2.45, 2.75) is 49.8 Å². The van der Waals surface area contributed by atoms with Gasteiger partial charge in [-0.15, -0.1) is 0 Å². The summed E-state index contributed by atoms with van der Waals surface area (Å²) in [5.74, 6) is 0.711. The number of phenolic OH excluding ortho intramolecular Hbond substituents is 1. The largest absolute Gasteiger partial charge is 0.506 e. The lowest BCUT2D eigenvalue weighted by Gasteiger charge is -2.37. The third-order valence-corrected chi connectivity index (χ3v) is 9.34. The van der Waals surface area contributed by atoms with Crippen LogP contribution in [0, 0.1) is 5.82 Å². The van der Waals surface area contributed by atoms with E-state index in [9.17, 15) is 9.50 Å². The Kier molecular flexibility index (Phi) is 6.51. The van der Waals surface area contributed by atoms with Crippen molar-refractivity contribution in [3.63, 3.8) is 0 Å². The van der Waals surface area contributed by atoms with Crippen LogP contribution in [0.4, 0.5) is 14.5 Å². The molecule has 3 fully saturated rings. The van der Waals surface area contributed by atoms with Gasteiger partial charge in [0.2, 0.25) is 0 Å². The maximum absolute atomic E-state index is 15.1. The molecule has 0 amide bonds. The average molecular weight is 540 g/mol. The fourth-order valence-electron chi connectivity index (χ4n) is 6.61. The van der Waals surface area contributed by atoms with Gasteiger partial charge in [-0.1, -0.05) is 54.8 Å². The number of hydrogen-bond acceptors (Lipinski definition) is 3. The SMILES string of the molecule is Oc1cccc(CN(CC2(c3ccccc3F)CCCC2)c2ccc(OC34C[N+]3(CCCF)C4)cc2)c1Cl. The Labute approximate surface area is 228 Å². The summed E-state index contributed by atoms with van der Waals surface area (Å²) >= 11 is 6.50. The Balaban J connectivity index is 1.27. The molecule has 0 unspecified atom stereocenters. The van der Waals surface area contributed by atoms with Crippen LogP contribution in [0.1, 0.15) is 43.2 Å². The molecule has 1 N–H and O–H groups in total. The Hall–Kier alpha value is -2.83. The maximum atomic E-state index is 15.1. The molecule has 1 saturated carbocycles. The Bertz CT molecular complexity index is 1300. The van der Waals surface area contributed by atoms with Gasteiger partial charge in [0.15, 0.2) is 13.1 Å². The molecule has 3 aliphatic rings. The van der Waals surface area contributed by atoms with Crippen LogP contribution in [0.15, 0.2) is 66.7 Å². The summed E-state index contributed by atoms with van der Waals surface area (Å²) in [6, 6.07) is 20.5. The summed E-state index contributed by atoms with van der Waals surface area (Å²) in [5, 5.41) is 10.6. The molecule has 4 nitrogen and oxygen atoms in total. The normalized spacial score (nSPS) is 24.6. The number of fused-ring (bicyclic) bond motifs is 1. The lowest BCUT2D eigenvalue weighted by Crippen LogP contribution is -2.39. The van der Waals surface area contributed by atoms with Gasteiger partial charge in [-0.05, 0) is 60.4 Å². The molecular weight excluding hydrogens is 506 g/mol. The zero-order valence-electron chi connectivity index (χ0n) is 21.5. The highest BCUT2D eigenvalue weighted by molar-refractivity contribution is 6.32. The third kappa shape index (κ3) is 4.52. The Morgan fingerprint density at radius 2 is 1.71 bits per heavy atom. The van der Waals surface area contributed by atoms with Crippen molar-refractivity contribution in [2.75, 3.05) is 37.8 Å². The predicted molar refractivity (Wildman–Crippen MR) is 146 cm³/mol. The van der Waals surface area contributed by atoms with Crippen molar-refractivity contribution < 1.29 is 23.1 Å². The van der Waals surface area contributed by atoms with E-state index in [2.05, 4.69) is 4.90 Å². The summed E-state index contributed by atoms with van der Waals surface area (Å²) in [4.78, 5) is 2.25. The average Bonchev–Trinajstić information content (AvgIpc) is 3.61. The standard InChI is InChI=1S/C31H33ClF2N2O2/c32-29-23(7-5-10-28(29)37)19-35(20-30(15-3-4-16-30)26-8-1-2-9-27(26)34)24-11-13-25(14-12-24)38-31-21-36(31,22-31)18-6-17-33/h1-2,5,7-14H,3-4,6,15-22H2/p+1. The fraction of sp³-hybridized carbons (Fsp3) is 0.419. The van der Waals surface area contributed by atoms with Gasteiger partial charge in [0, 0.05) is 30.6 Å². The van der Waals surface area contributed by atoms with Crippen LogP contribution < -0.4 is 9.64 Å². The summed E-state index contributed by atoms with van der Waals surface area (Å²) in [6.45, 7) is 3.59. The highest BCUT2D eigenvalue weighted by Gasteiger charge is 2.91. The summed E-state index contributed by atoms with van der Waals surface area (Å²) in [5.41, 5.74) is 2.12. The van der Waals surface area contributed by atoms with E-state index in [4.69, 9.17) is 16.3 Å². The topological polar surface area (TPSA) is 32.7 Å². The monoisotopic (exact) mass is 539 g/mol. The quantitative estimate of drug-likeness (QED) is 0.211. The zero-order valence-corrected chi connectivity index (χ0v) is 22.3. The molecule has 0 radical (unpaired) electrons. The van der Waals surface area contributed by atoms with Crippen molar-refractivity contribution in [3.8, 4) is 11.5 Å². The molecule has 3 aromatic carbocycles. The van der Waals surface area contributed by atoms with Crippen molar-refractivity contribution in [1.82, 2.24) is 0 Å². The molecule has 200 valence electrons. The molecule has 38 heavy (non-hydrogen) atoms. The first-order valence-corrected chi connectivity index (χ1v) is 13.9. The predicted octanol–water partition coefficient (Wildman–Crippen LogP) is 6.98. The lowest BCUT2D eigenvalue weighted by atomic mass is 9.78. The number of alkyl halides is 1. The molecule has 2 aliphatic heterocycles. The summed E-state index contributed by atoms with van der Waals surface area (Å²) in [6.07, 6.45) is 4.54. The number of benzene rings is 3. The number of anilines is 1. The second-order valence-corrected chi connectivity index (χ2v) is 11.7. The van der Waals surface area contributed by atoms with E-state index in [1.54, 1.807) is 24.3 Å². The number of halogens is 3. The smallest absolute Gasteiger partial charge is 0.343 e. The van der Waals surface area contributed by atoms with E-state index in [0.29, 0.717) is 24.5 Å². The third-order valence-electron chi connectivity index (χ3n) is 8.91. The van der Waals surface area contributed by atoms with Crippen LogP contribution in [0.5, 0.6) is 11.5 Å². The van der Waals surface area contributed by atoms with Crippen LogP contribution in [0.2, 0.25) is 5.02 Å². The van der Waals surface area contributed by atoms with Crippen molar-refractivity contribution in [2.24, 2.45) is 0 Å². The van der Waals surface area contributed by atoms with Gasteiger partial charge >= 0.3 is 5.72 Å². The summed E-state index contributed by atoms with van der Waals surface area (Å²) in [7, 11) is 0. The second kappa shape index (κ2) is 9.73. The zero-order chi connectivity index (χ0) is 26.4. The van der Waals surface area contributed by atoms with Gasteiger partial charge in [0.25, 0.3) is 0 Å². The molecule has 0 atom stereocenters. The van der Waals surface area contributed by atoms with Crippen LogP contribution in [-0.2, 0) is 12.0 Å². The van der Waals surface area contributed by atoms with E-state index < -0.39 is 0 Å². The molecule has 0 aromatic heterocycles. The van der Waals surface area contributed by atoms with Crippen molar-refractivity contribution in [1.29, 1.82) is 0 Å². The first-order chi connectivity index (χ1) is 18.4. The van der Waals surface area contributed by atoms with E-state index >= 15 is 4.39 Å². The molecule has 0 bridgehead atoms. The molecule has 2 saturated heterocycles. The second-order valence-electron chi connectivity index (χ2n) is 11.3. The van der Waals surface area contributed by atoms with Crippen LogP contribution in [0.3, 0.4) is 0 Å². The van der Waals surface area contributed by atoms with Crippen molar-refractivity contribution in [3.05, 3.63) is 88.7 Å². The molecule has 6 rings (SSSR count). The van der Waals surface area contributed by atoms with E-state index in [1.807, 2.05) is 42.5 Å². The number of quaternary nitrogens is 1. The van der Waals surface area contributed by atoms with Crippen LogP contribution in [0.25, 0.3) is 0 Å². The number of nitrogens with zero attached hydrogens (tertiary/aromatic N) is 2. The van der Waals surface area contributed by atoms with Gasteiger partial charge in [-0.25, -0.2) is 4.39 Å². The number of rotatable bonds is 11. The minimum Gasteiger partial charge on any atom is -0.506 e. The molecule has 2 heterocycles. The molecule has 3 aromatic rings. The highest BCUT2D eigenvalue weighted by Crippen LogP contribution is 2.60. The Morgan fingerprint density at radius 3 is 2.42 bits per heavy atom.